The largest absolute Gasteiger partial charge is 0.508 e. The summed E-state index contributed by atoms with van der Waals surface area (Å²) in [5.74, 6) is 1.08. The van der Waals surface area contributed by atoms with Crippen molar-refractivity contribution in [3.63, 3.8) is 0 Å². The van der Waals surface area contributed by atoms with Gasteiger partial charge < -0.3 is 10.4 Å². The van der Waals surface area contributed by atoms with E-state index in [0.29, 0.717) is 5.75 Å². The predicted octanol–water partition coefficient (Wildman–Crippen LogP) is 3.53. The fourth-order valence-electron chi connectivity index (χ4n) is 3.70. The number of hydrogen-bond acceptors (Lipinski definition) is 3. The molecule has 0 aromatic heterocycles. The van der Waals surface area contributed by atoms with Crippen LogP contribution in [0.4, 0.5) is 0 Å². The molecule has 2 aromatic carbocycles. The quantitative estimate of drug-likeness (QED) is 0.911. The third-order valence-corrected chi connectivity index (χ3v) is 5.00. The molecular weight excluding hydrogens is 284 g/mol. The topological polar surface area (TPSA) is 44.6 Å². The Balaban J connectivity index is 1.69. The molecule has 3 nitrogen and oxygen atoms in total. The van der Waals surface area contributed by atoms with Crippen LogP contribution in [-0.2, 0) is 13.0 Å². The summed E-state index contributed by atoms with van der Waals surface area (Å²) in [6, 6.07) is 12.1. The van der Waals surface area contributed by atoms with E-state index in [1.54, 1.807) is 12.1 Å². The van der Waals surface area contributed by atoms with Crippen molar-refractivity contribution in [3.8, 4) is 16.9 Å². The lowest BCUT2D eigenvalue weighted by Crippen LogP contribution is -2.28. The summed E-state index contributed by atoms with van der Waals surface area (Å²) in [4.78, 5) is 4.48. The molecule has 0 radical (unpaired) electrons. The third kappa shape index (κ3) is 3.02. The fourth-order valence-corrected chi connectivity index (χ4v) is 3.70. The van der Waals surface area contributed by atoms with Gasteiger partial charge in [0.1, 0.15) is 5.75 Å². The second-order valence-corrected chi connectivity index (χ2v) is 6.62. The van der Waals surface area contributed by atoms with Crippen LogP contribution in [0.15, 0.2) is 41.4 Å². The molecule has 1 saturated heterocycles. The van der Waals surface area contributed by atoms with E-state index >= 15 is 0 Å². The lowest BCUT2D eigenvalue weighted by Gasteiger charge is -2.23. The molecule has 4 rings (SSSR count). The second-order valence-electron chi connectivity index (χ2n) is 6.62. The lowest BCUT2D eigenvalue weighted by atomic mass is 9.86. The van der Waals surface area contributed by atoms with Crippen molar-refractivity contribution < 1.29 is 5.11 Å². The summed E-state index contributed by atoms with van der Waals surface area (Å²) in [6.07, 6.45) is 5.71. The Morgan fingerprint density at radius 3 is 2.61 bits per heavy atom. The molecule has 0 unspecified atom stereocenters. The van der Waals surface area contributed by atoms with Crippen molar-refractivity contribution in [2.75, 3.05) is 13.1 Å². The molecule has 3 heteroatoms. The number of nitrogens with one attached hydrogen (secondary N) is 1. The highest BCUT2D eigenvalue weighted by molar-refractivity contribution is 5.88. The first kappa shape index (κ1) is 14.5. The van der Waals surface area contributed by atoms with Crippen LogP contribution in [0.2, 0.25) is 0 Å². The number of phenolic OH excluding ortho intramolecular Hbond substituents is 1. The van der Waals surface area contributed by atoms with Crippen LogP contribution in [0, 0.1) is 5.92 Å². The van der Waals surface area contributed by atoms with E-state index in [1.165, 1.54) is 35.1 Å². The van der Waals surface area contributed by atoms with E-state index in [2.05, 4.69) is 22.4 Å². The summed E-state index contributed by atoms with van der Waals surface area (Å²) in [6.45, 7) is 3.07. The molecule has 0 atom stereocenters. The van der Waals surface area contributed by atoms with Crippen LogP contribution in [0.1, 0.15) is 29.5 Å². The summed E-state index contributed by atoms with van der Waals surface area (Å²) in [5, 5.41) is 12.9. The number of rotatable bonds is 3. The molecule has 2 heterocycles. The number of hydrogen-bond donors (Lipinski definition) is 2. The smallest absolute Gasteiger partial charge is 0.115 e. The summed E-state index contributed by atoms with van der Waals surface area (Å²) in [5.41, 5.74) is 6.49. The second kappa shape index (κ2) is 6.17. The summed E-state index contributed by atoms with van der Waals surface area (Å²) >= 11 is 0. The van der Waals surface area contributed by atoms with Gasteiger partial charge in [-0.25, -0.2) is 0 Å². The van der Waals surface area contributed by atoms with Gasteiger partial charge in [0, 0.05) is 11.8 Å². The van der Waals surface area contributed by atoms with Crippen molar-refractivity contribution in [3.05, 3.63) is 53.1 Å². The zero-order valence-corrected chi connectivity index (χ0v) is 13.3. The Bertz CT molecular complexity index is 728. The van der Waals surface area contributed by atoms with Crippen molar-refractivity contribution in [1.82, 2.24) is 5.32 Å². The molecule has 0 saturated carbocycles. The van der Waals surface area contributed by atoms with Gasteiger partial charge >= 0.3 is 0 Å². The van der Waals surface area contributed by atoms with E-state index in [0.717, 1.165) is 37.5 Å². The third-order valence-electron chi connectivity index (χ3n) is 5.00. The molecule has 2 aliphatic rings. The van der Waals surface area contributed by atoms with Gasteiger partial charge in [0.15, 0.2) is 0 Å². The maximum Gasteiger partial charge on any atom is 0.115 e. The SMILES string of the molecule is Oc1ccc(-c2cc3c(c(CC4CCNCC4)c2)C=NC3)cc1. The number of benzene rings is 2. The predicted molar refractivity (Wildman–Crippen MR) is 94.1 cm³/mol. The summed E-state index contributed by atoms with van der Waals surface area (Å²) < 4.78 is 0. The first-order chi connectivity index (χ1) is 11.3. The van der Waals surface area contributed by atoms with Crippen LogP contribution in [0.3, 0.4) is 0 Å². The number of nitrogens with zero attached hydrogens (tertiary/aromatic N) is 1. The number of fused-ring (bicyclic) bond motifs is 1. The highest BCUT2D eigenvalue weighted by atomic mass is 16.3. The molecule has 2 aliphatic heterocycles. The molecule has 2 N–H and O–H groups in total. The normalized spacial score (nSPS) is 17.4. The Hall–Kier alpha value is -2.13. The van der Waals surface area contributed by atoms with Crippen LogP contribution >= 0.6 is 0 Å². The molecule has 0 spiro atoms. The highest BCUT2D eigenvalue weighted by Gasteiger charge is 2.19. The molecule has 0 amide bonds. The van der Waals surface area contributed by atoms with Gasteiger partial charge in [0.05, 0.1) is 6.54 Å². The van der Waals surface area contributed by atoms with Crippen molar-refractivity contribution >= 4 is 6.21 Å². The van der Waals surface area contributed by atoms with Gasteiger partial charge in [-0.15, -0.1) is 0 Å². The van der Waals surface area contributed by atoms with E-state index < -0.39 is 0 Å². The van der Waals surface area contributed by atoms with Gasteiger partial charge in [-0.1, -0.05) is 18.2 Å². The van der Waals surface area contributed by atoms with Gasteiger partial charge in [0.25, 0.3) is 0 Å². The average molecular weight is 306 g/mol. The van der Waals surface area contributed by atoms with Crippen LogP contribution in [0.25, 0.3) is 11.1 Å². The average Bonchev–Trinajstić information content (AvgIpc) is 3.05. The molecule has 0 bridgehead atoms. The molecule has 118 valence electrons. The van der Waals surface area contributed by atoms with Gasteiger partial charge in [-0.2, -0.15) is 0 Å². The van der Waals surface area contributed by atoms with E-state index in [4.69, 9.17) is 0 Å². The molecule has 0 aliphatic carbocycles. The first-order valence-corrected chi connectivity index (χ1v) is 8.45. The van der Waals surface area contributed by atoms with Gasteiger partial charge in [-0.05, 0) is 78.7 Å². The Kier molecular flexibility index (Phi) is 3.88. The van der Waals surface area contributed by atoms with Crippen molar-refractivity contribution in [1.29, 1.82) is 0 Å². The highest BCUT2D eigenvalue weighted by Crippen LogP contribution is 2.31. The maximum absolute atomic E-state index is 9.50. The number of phenols is 1. The zero-order chi connectivity index (χ0) is 15.6. The minimum Gasteiger partial charge on any atom is -0.508 e. The number of aromatic hydroxyl groups is 1. The van der Waals surface area contributed by atoms with Crippen molar-refractivity contribution in [2.24, 2.45) is 10.9 Å². The van der Waals surface area contributed by atoms with E-state index in [-0.39, 0.29) is 0 Å². The summed E-state index contributed by atoms with van der Waals surface area (Å²) in [7, 11) is 0. The van der Waals surface area contributed by atoms with Gasteiger partial charge in [-0.3, -0.25) is 4.99 Å². The van der Waals surface area contributed by atoms with Crippen LogP contribution in [-0.4, -0.2) is 24.4 Å². The molecular formula is C20H22N2O. The maximum atomic E-state index is 9.50. The monoisotopic (exact) mass is 306 g/mol. The minimum atomic E-state index is 0.313. The van der Waals surface area contributed by atoms with E-state index in [1.807, 2.05) is 18.3 Å². The fraction of sp³-hybridized carbons (Fsp3) is 0.350. The first-order valence-electron chi connectivity index (χ1n) is 8.45. The van der Waals surface area contributed by atoms with Crippen LogP contribution in [0.5, 0.6) is 5.75 Å². The minimum absolute atomic E-state index is 0.313. The Morgan fingerprint density at radius 2 is 1.83 bits per heavy atom. The van der Waals surface area contributed by atoms with Crippen LogP contribution < -0.4 is 5.32 Å². The van der Waals surface area contributed by atoms with Crippen molar-refractivity contribution in [2.45, 2.75) is 25.8 Å². The zero-order valence-electron chi connectivity index (χ0n) is 13.3. The Labute approximate surface area is 137 Å². The van der Waals surface area contributed by atoms with Gasteiger partial charge in [0.2, 0.25) is 0 Å². The van der Waals surface area contributed by atoms with E-state index in [9.17, 15) is 5.11 Å². The standard InChI is InChI=1S/C20H22N2O/c23-19-3-1-15(2-4-19)16-10-17(9-14-5-7-21-8-6-14)20-13-22-12-18(20)11-16/h1-4,10-11,13-14,21,23H,5-9,12H2. The number of aliphatic imine (C=N–C) groups is 1. The number of piperidine rings is 1. The Morgan fingerprint density at radius 1 is 1.04 bits per heavy atom. The molecule has 23 heavy (non-hydrogen) atoms. The molecule has 1 fully saturated rings. The lowest BCUT2D eigenvalue weighted by molar-refractivity contribution is 0.372. The molecule has 2 aromatic rings.